The second kappa shape index (κ2) is 4.53. The molecule has 1 N–H and O–H groups in total. The lowest BCUT2D eigenvalue weighted by atomic mass is 9.97. The fraction of sp³-hybridized carbons (Fsp3) is 0.467. The average molecular weight is 231 g/mol. The summed E-state index contributed by atoms with van der Waals surface area (Å²) < 4.78 is 2.31. The van der Waals surface area contributed by atoms with E-state index in [1.807, 2.05) is 0 Å². The van der Waals surface area contributed by atoms with Crippen molar-refractivity contribution in [1.29, 1.82) is 0 Å². The molecule has 1 heterocycles. The van der Waals surface area contributed by atoms with Gasteiger partial charge in [0.05, 0.1) is 0 Å². The van der Waals surface area contributed by atoms with Crippen molar-refractivity contribution >= 4 is 10.9 Å². The van der Waals surface area contributed by atoms with Crippen molar-refractivity contribution in [1.82, 2.24) is 4.57 Å². The number of nitrogens with zero attached hydrogens (tertiary/aromatic N) is 1. The van der Waals surface area contributed by atoms with E-state index in [1.165, 1.54) is 16.5 Å². The molecule has 0 aliphatic heterocycles. The van der Waals surface area contributed by atoms with E-state index < -0.39 is 0 Å². The van der Waals surface area contributed by atoms with Gasteiger partial charge < -0.3 is 9.67 Å². The first-order chi connectivity index (χ1) is 8.01. The summed E-state index contributed by atoms with van der Waals surface area (Å²) in [6, 6.07) is 8.43. The van der Waals surface area contributed by atoms with E-state index in [1.54, 1.807) is 0 Å². The molecular formula is C15H21NO. The second-order valence-electron chi connectivity index (χ2n) is 5.83. The molecule has 0 radical (unpaired) electrons. The molecule has 0 saturated heterocycles. The van der Waals surface area contributed by atoms with Gasteiger partial charge in [-0.15, -0.1) is 0 Å². The van der Waals surface area contributed by atoms with E-state index in [0.717, 1.165) is 13.0 Å². The molecule has 0 aliphatic rings. The summed E-state index contributed by atoms with van der Waals surface area (Å²) in [7, 11) is 0. The van der Waals surface area contributed by atoms with Crippen molar-refractivity contribution in [2.75, 3.05) is 6.61 Å². The zero-order valence-corrected chi connectivity index (χ0v) is 10.9. The van der Waals surface area contributed by atoms with Crippen LogP contribution in [0.15, 0.2) is 30.5 Å². The summed E-state index contributed by atoms with van der Waals surface area (Å²) in [5.74, 6) is 0. The number of rotatable bonds is 3. The van der Waals surface area contributed by atoms with Crippen LogP contribution in [0.2, 0.25) is 0 Å². The van der Waals surface area contributed by atoms with Gasteiger partial charge in [-0.1, -0.05) is 39.0 Å². The Bertz CT molecular complexity index is 505. The first-order valence-corrected chi connectivity index (χ1v) is 6.19. The number of hydrogen-bond acceptors (Lipinski definition) is 1. The number of aliphatic hydroxyl groups excluding tert-OH is 1. The van der Waals surface area contributed by atoms with Gasteiger partial charge in [-0.05, 0) is 23.5 Å². The largest absolute Gasteiger partial charge is 0.396 e. The minimum absolute atomic E-state index is 0.212. The molecule has 0 atom stereocenters. The van der Waals surface area contributed by atoms with Gasteiger partial charge in [0.25, 0.3) is 0 Å². The molecule has 1 aromatic carbocycles. The second-order valence-corrected chi connectivity index (χ2v) is 5.83. The fourth-order valence-corrected chi connectivity index (χ4v) is 2.28. The first kappa shape index (κ1) is 12.2. The molecule has 0 amide bonds. The lowest BCUT2D eigenvalue weighted by molar-refractivity contribution is 0.299. The zero-order chi connectivity index (χ0) is 12.5. The average Bonchev–Trinajstić information content (AvgIpc) is 2.56. The Kier molecular flexibility index (Phi) is 3.25. The Morgan fingerprint density at radius 3 is 2.53 bits per heavy atom. The highest BCUT2D eigenvalue weighted by molar-refractivity contribution is 5.84. The SMILES string of the molecule is CC(C)(C)Cn1cc(CCO)c2ccccc21. The van der Waals surface area contributed by atoms with E-state index in [2.05, 4.69) is 55.8 Å². The van der Waals surface area contributed by atoms with Crippen LogP contribution >= 0.6 is 0 Å². The van der Waals surface area contributed by atoms with Gasteiger partial charge in [0.15, 0.2) is 0 Å². The number of fused-ring (bicyclic) bond motifs is 1. The van der Waals surface area contributed by atoms with Crippen LogP contribution in [-0.4, -0.2) is 16.3 Å². The molecule has 0 fully saturated rings. The minimum atomic E-state index is 0.212. The summed E-state index contributed by atoms with van der Waals surface area (Å²) in [6.45, 7) is 7.94. The quantitative estimate of drug-likeness (QED) is 0.862. The van der Waals surface area contributed by atoms with Crippen LogP contribution in [0.5, 0.6) is 0 Å². The Morgan fingerprint density at radius 2 is 1.88 bits per heavy atom. The summed E-state index contributed by atoms with van der Waals surface area (Å²) in [4.78, 5) is 0. The van der Waals surface area contributed by atoms with Crippen molar-refractivity contribution in [2.24, 2.45) is 5.41 Å². The first-order valence-electron chi connectivity index (χ1n) is 6.19. The molecule has 2 rings (SSSR count). The standard InChI is InChI=1S/C15H21NO/c1-15(2,3)11-16-10-12(8-9-17)13-6-4-5-7-14(13)16/h4-7,10,17H,8-9,11H2,1-3H3. The minimum Gasteiger partial charge on any atom is -0.396 e. The van der Waals surface area contributed by atoms with Gasteiger partial charge in [0.2, 0.25) is 0 Å². The molecule has 1 aromatic heterocycles. The van der Waals surface area contributed by atoms with Crippen LogP contribution in [0.25, 0.3) is 10.9 Å². The summed E-state index contributed by atoms with van der Waals surface area (Å²) in [5, 5.41) is 10.4. The normalized spacial score (nSPS) is 12.2. The summed E-state index contributed by atoms with van der Waals surface area (Å²) in [6.07, 6.45) is 2.92. The van der Waals surface area contributed by atoms with Crippen LogP contribution in [0, 0.1) is 5.41 Å². The van der Waals surface area contributed by atoms with Gasteiger partial charge in [0.1, 0.15) is 0 Å². The number of benzene rings is 1. The maximum Gasteiger partial charge on any atom is 0.0483 e. The molecule has 0 bridgehead atoms. The molecule has 2 aromatic rings. The van der Waals surface area contributed by atoms with Crippen LogP contribution in [0.3, 0.4) is 0 Å². The molecule has 92 valence electrons. The number of aliphatic hydroxyl groups is 1. The van der Waals surface area contributed by atoms with E-state index >= 15 is 0 Å². The highest BCUT2D eigenvalue weighted by Crippen LogP contribution is 2.25. The Balaban J connectivity index is 2.48. The van der Waals surface area contributed by atoms with Crippen LogP contribution in [-0.2, 0) is 13.0 Å². The molecule has 2 heteroatoms. The van der Waals surface area contributed by atoms with Crippen molar-refractivity contribution in [3.63, 3.8) is 0 Å². The Labute approximate surface area is 103 Å². The van der Waals surface area contributed by atoms with Crippen molar-refractivity contribution < 1.29 is 5.11 Å². The fourth-order valence-electron chi connectivity index (χ4n) is 2.28. The molecule has 17 heavy (non-hydrogen) atoms. The zero-order valence-electron chi connectivity index (χ0n) is 10.9. The van der Waals surface area contributed by atoms with E-state index in [0.29, 0.717) is 0 Å². The topological polar surface area (TPSA) is 25.2 Å². The molecule has 0 saturated carbocycles. The van der Waals surface area contributed by atoms with Gasteiger partial charge in [-0.3, -0.25) is 0 Å². The van der Waals surface area contributed by atoms with Gasteiger partial charge in [-0.2, -0.15) is 0 Å². The summed E-state index contributed by atoms with van der Waals surface area (Å²) >= 11 is 0. The lowest BCUT2D eigenvalue weighted by Gasteiger charge is -2.19. The Morgan fingerprint density at radius 1 is 1.18 bits per heavy atom. The number of hydrogen-bond donors (Lipinski definition) is 1. The predicted molar refractivity (Wildman–Crippen MR) is 72.2 cm³/mol. The number of para-hydroxylation sites is 1. The number of aromatic nitrogens is 1. The third kappa shape index (κ3) is 2.70. The van der Waals surface area contributed by atoms with Crippen LogP contribution < -0.4 is 0 Å². The maximum atomic E-state index is 9.11. The Hall–Kier alpha value is -1.28. The maximum absolute atomic E-state index is 9.11. The predicted octanol–water partition coefficient (Wildman–Crippen LogP) is 3.22. The highest BCUT2D eigenvalue weighted by Gasteiger charge is 2.14. The van der Waals surface area contributed by atoms with Gasteiger partial charge in [0, 0.05) is 30.3 Å². The van der Waals surface area contributed by atoms with Crippen molar-refractivity contribution in [2.45, 2.75) is 33.7 Å². The van der Waals surface area contributed by atoms with Crippen LogP contribution in [0.4, 0.5) is 0 Å². The summed E-state index contributed by atoms with van der Waals surface area (Å²) in [5.41, 5.74) is 2.77. The van der Waals surface area contributed by atoms with Crippen molar-refractivity contribution in [3.8, 4) is 0 Å². The van der Waals surface area contributed by atoms with E-state index in [9.17, 15) is 0 Å². The molecule has 2 nitrogen and oxygen atoms in total. The van der Waals surface area contributed by atoms with Crippen LogP contribution in [0.1, 0.15) is 26.3 Å². The van der Waals surface area contributed by atoms with Crippen molar-refractivity contribution in [3.05, 3.63) is 36.0 Å². The van der Waals surface area contributed by atoms with Gasteiger partial charge in [-0.25, -0.2) is 0 Å². The third-order valence-electron chi connectivity index (χ3n) is 2.90. The molecular weight excluding hydrogens is 210 g/mol. The van der Waals surface area contributed by atoms with E-state index in [4.69, 9.17) is 5.11 Å². The third-order valence-corrected chi connectivity index (χ3v) is 2.90. The molecule has 0 spiro atoms. The smallest absolute Gasteiger partial charge is 0.0483 e. The van der Waals surface area contributed by atoms with E-state index in [-0.39, 0.29) is 12.0 Å². The molecule has 0 unspecified atom stereocenters. The lowest BCUT2D eigenvalue weighted by Crippen LogP contribution is -2.14. The van der Waals surface area contributed by atoms with Gasteiger partial charge >= 0.3 is 0 Å². The highest BCUT2D eigenvalue weighted by atomic mass is 16.2. The molecule has 0 aliphatic carbocycles. The monoisotopic (exact) mass is 231 g/mol.